The van der Waals surface area contributed by atoms with Gasteiger partial charge < -0.3 is 21.7 Å². The summed E-state index contributed by atoms with van der Waals surface area (Å²) in [4.78, 5) is 3.55. The minimum absolute atomic E-state index is 0.264. The molecule has 186 valence electrons. The smallest absolute Gasteiger partial charge is 0.128 e. The predicted octanol–water partition coefficient (Wildman–Crippen LogP) is 4.13. The van der Waals surface area contributed by atoms with Gasteiger partial charge in [-0.05, 0) is 24.3 Å². The summed E-state index contributed by atoms with van der Waals surface area (Å²) >= 11 is 0. The Balaban J connectivity index is 1.51. The van der Waals surface area contributed by atoms with Crippen LogP contribution in [0.4, 0.5) is 14.5 Å². The highest BCUT2D eigenvalue weighted by Gasteiger charge is 2.44. The van der Waals surface area contributed by atoms with Crippen molar-refractivity contribution in [1.82, 2.24) is 9.62 Å². The van der Waals surface area contributed by atoms with Crippen molar-refractivity contribution in [2.45, 2.75) is 17.0 Å². The first-order chi connectivity index (χ1) is 17.0. The zero-order valence-electron chi connectivity index (χ0n) is 19.7. The van der Waals surface area contributed by atoms with E-state index in [1.54, 1.807) is 24.3 Å². The highest BCUT2D eigenvalue weighted by Crippen LogP contribution is 2.67. The van der Waals surface area contributed by atoms with E-state index in [1.807, 2.05) is 18.2 Å². The molecule has 0 spiro atoms. The maximum Gasteiger partial charge on any atom is 0.128 e. The number of nitrogens with two attached hydrogens (primary N) is 2. The molecule has 0 radical (unpaired) electrons. The zero-order chi connectivity index (χ0) is 24.4. The van der Waals surface area contributed by atoms with Crippen molar-refractivity contribution in [2.24, 2.45) is 11.5 Å². The molecule has 3 aromatic rings. The van der Waals surface area contributed by atoms with Crippen molar-refractivity contribution >= 4 is 15.9 Å². The fourth-order valence-corrected chi connectivity index (χ4v) is 9.73. The number of nitrogens with zero attached hydrogens (tertiary/aromatic N) is 2. The van der Waals surface area contributed by atoms with E-state index in [9.17, 15) is 8.78 Å². The maximum absolute atomic E-state index is 14.7. The number of piperazine rings is 1. The second-order valence-electron chi connectivity index (χ2n) is 9.26. The zero-order valence-corrected chi connectivity index (χ0v) is 20.6. The van der Waals surface area contributed by atoms with Gasteiger partial charge in [-0.1, -0.05) is 48.5 Å². The van der Waals surface area contributed by atoms with Crippen LogP contribution in [-0.4, -0.2) is 48.7 Å². The third kappa shape index (κ3) is 4.69. The molecule has 2 aliphatic rings. The second kappa shape index (κ2) is 10.2. The summed E-state index contributed by atoms with van der Waals surface area (Å²) in [6, 6.07) is 21.0. The minimum Gasteiger partial charge on any atom is -0.359 e. The molecule has 8 heteroatoms. The van der Waals surface area contributed by atoms with Crippen LogP contribution in [0.15, 0.2) is 77.7 Å². The van der Waals surface area contributed by atoms with Crippen LogP contribution >= 0.6 is 10.2 Å². The SMILES string of the molecule is NC(CN1CS(CC(N)c2ccccc2F)(N2CCNCC2)c2ccccc21)c1ccccc1F. The monoisotopic (exact) mass is 497 g/mol. The Morgan fingerprint density at radius 1 is 0.800 bits per heavy atom. The average Bonchev–Trinajstić information content (AvgIpc) is 3.19. The molecule has 3 aromatic carbocycles. The number of halogens is 2. The number of benzene rings is 3. The van der Waals surface area contributed by atoms with Crippen molar-refractivity contribution in [1.29, 1.82) is 0 Å². The predicted molar refractivity (Wildman–Crippen MR) is 140 cm³/mol. The van der Waals surface area contributed by atoms with E-state index in [0.29, 0.717) is 23.4 Å². The molecular weight excluding hydrogens is 464 g/mol. The van der Waals surface area contributed by atoms with Gasteiger partial charge in [0.25, 0.3) is 0 Å². The Hall–Kier alpha value is -2.49. The number of nitrogens with one attached hydrogen (secondary N) is 1. The molecule has 3 atom stereocenters. The fourth-order valence-electron chi connectivity index (χ4n) is 5.32. The van der Waals surface area contributed by atoms with Gasteiger partial charge in [-0.2, -0.15) is 0 Å². The summed E-state index contributed by atoms with van der Waals surface area (Å²) in [5.41, 5.74) is 15.5. The van der Waals surface area contributed by atoms with Gasteiger partial charge in [-0.15, -0.1) is 10.2 Å². The van der Waals surface area contributed by atoms with Gasteiger partial charge in [0.15, 0.2) is 0 Å². The van der Waals surface area contributed by atoms with Crippen LogP contribution in [0.5, 0.6) is 0 Å². The maximum atomic E-state index is 14.7. The molecule has 1 fully saturated rings. The first kappa shape index (κ1) is 24.2. The summed E-state index contributed by atoms with van der Waals surface area (Å²) < 4.78 is 31.8. The number of para-hydroxylation sites is 1. The highest BCUT2D eigenvalue weighted by molar-refractivity contribution is 8.32. The topological polar surface area (TPSA) is 70.5 Å². The van der Waals surface area contributed by atoms with Crippen LogP contribution in [0, 0.1) is 11.6 Å². The summed E-state index contributed by atoms with van der Waals surface area (Å²) in [7, 11) is -1.60. The normalized spacial score (nSPS) is 23.9. The molecule has 5 nitrogen and oxygen atoms in total. The quantitative estimate of drug-likeness (QED) is 0.458. The summed E-state index contributed by atoms with van der Waals surface area (Å²) in [5, 5.41) is 3.45. The minimum atomic E-state index is -1.60. The molecule has 2 heterocycles. The molecule has 0 saturated carbocycles. The second-order valence-corrected chi connectivity index (χ2v) is 12.5. The van der Waals surface area contributed by atoms with Crippen LogP contribution in [0.2, 0.25) is 0 Å². The summed E-state index contributed by atoms with van der Waals surface area (Å²) in [6.07, 6.45) is 0. The molecule has 0 bridgehead atoms. The number of hydrogen-bond donors (Lipinski definition) is 3. The van der Waals surface area contributed by atoms with Crippen LogP contribution in [0.3, 0.4) is 0 Å². The molecule has 3 unspecified atom stereocenters. The van der Waals surface area contributed by atoms with Gasteiger partial charge in [0.2, 0.25) is 0 Å². The lowest BCUT2D eigenvalue weighted by atomic mass is 10.1. The molecule has 5 rings (SSSR count). The first-order valence-corrected chi connectivity index (χ1v) is 14.0. The van der Waals surface area contributed by atoms with Crippen molar-refractivity contribution in [3.8, 4) is 0 Å². The third-order valence-electron chi connectivity index (χ3n) is 7.04. The van der Waals surface area contributed by atoms with Crippen LogP contribution in [0.25, 0.3) is 0 Å². The first-order valence-electron chi connectivity index (χ1n) is 12.1. The lowest BCUT2D eigenvalue weighted by Crippen LogP contribution is -2.47. The van der Waals surface area contributed by atoms with Gasteiger partial charge in [0.1, 0.15) is 11.6 Å². The number of fused-ring (bicyclic) bond motifs is 1. The Morgan fingerprint density at radius 2 is 1.37 bits per heavy atom. The number of rotatable bonds is 7. The molecule has 2 aliphatic heterocycles. The summed E-state index contributed by atoms with van der Waals surface area (Å²) in [6.45, 7) is 4.11. The highest BCUT2D eigenvalue weighted by atomic mass is 32.3. The van der Waals surface area contributed by atoms with E-state index in [4.69, 9.17) is 11.5 Å². The molecule has 0 aliphatic carbocycles. The Bertz CT molecular complexity index is 1170. The van der Waals surface area contributed by atoms with Gasteiger partial charge in [-0.3, -0.25) is 4.31 Å². The van der Waals surface area contributed by atoms with Crippen molar-refractivity contribution in [2.75, 3.05) is 49.3 Å². The van der Waals surface area contributed by atoms with Crippen LogP contribution in [-0.2, 0) is 0 Å². The van der Waals surface area contributed by atoms with E-state index in [0.717, 1.165) is 37.7 Å². The Labute approximate surface area is 207 Å². The summed E-state index contributed by atoms with van der Waals surface area (Å²) in [5.74, 6) is 0.849. The van der Waals surface area contributed by atoms with E-state index in [1.165, 1.54) is 17.0 Å². The van der Waals surface area contributed by atoms with Crippen molar-refractivity contribution < 1.29 is 8.78 Å². The van der Waals surface area contributed by atoms with Gasteiger partial charge in [0, 0.05) is 60.5 Å². The van der Waals surface area contributed by atoms with E-state index in [2.05, 4.69) is 32.7 Å². The van der Waals surface area contributed by atoms with Gasteiger partial charge in [-0.25, -0.2) is 8.78 Å². The molecule has 1 saturated heterocycles. The standard InChI is InChI=1S/C27H33F2N5S/c28-22-9-3-1-7-20(22)24(30)17-33-19-35(34-15-13-32-14-16-34,27-12-6-5-11-26(27)33)18-25(31)21-8-2-4-10-23(21)29/h1-12,24-25,32H,13-19,30-31H2. The number of hydrogen-bond acceptors (Lipinski definition) is 5. The lowest BCUT2D eigenvalue weighted by Gasteiger charge is -2.49. The molecule has 5 N–H and O–H groups in total. The average molecular weight is 498 g/mol. The lowest BCUT2D eigenvalue weighted by molar-refractivity contribution is 0.385. The van der Waals surface area contributed by atoms with Crippen molar-refractivity contribution in [3.63, 3.8) is 0 Å². The number of anilines is 1. The molecule has 0 aromatic heterocycles. The van der Waals surface area contributed by atoms with Crippen molar-refractivity contribution in [3.05, 3.63) is 95.6 Å². The van der Waals surface area contributed by atoms with Crippen LogP contribution < -0.4 is 21.7 Å². The fraction of sp³-hybridized carbons (Fsp3) is 0.333. The molecule has 0 amide bonds. The van der Waals surface area contributed by atoms with Gasteiger partial charge in [0.05, 0.1) is 17.6 Å². The van der Waals surface area contributed by atoms with E-state index < -0.39 is 22.3 Å². The Morgan fingerprint density at radius 3 is 2.03 bits per heavy atom. The van der Waals surface area contributed by atoms with Crippen LogP contribution in [0.1, 0.15) is 23.2 Å². The Kier molecular flexibility index (Phi) is 7.09. The van der Waals surface area contributed by atoms with Gasteiger partial charge >= 0.3 is 0 Å². The molecular formula is C27H33F2N5S. The molecule has 35 heavy (non-hydrogen) atoms. The van der Waals surface area contributed by atoms with E-state index >= 15 is 0 Å². The van der Waals surface area contributed by atoms with E-state index in [-0.39, 0.29) is 11.6 Å². The third-order valence-corrected chi connectivity index (χ3v) is 11.2. The largest absolute Gasteiger partial charge is 0.359 e.